The Balaban J connectivity index is 1.68. The fourth-order valence-corrected chi connectivity index (χ4v) is 5.89. The second kappa shape index (κ2) is 6.07. The van der Waals surface area contributed by atoms with Crippen LogP contribution in [0, 0.1) is 5.92 Å². The first kappa shape index (κ1) is 15.0. The first-order valence-corrected chi connectivity index (χ1v) is 9.46. The van der Waals surface area contributed by atoms with Crippen LogP contribution in [0.15, 0.2) is 30.3 Å². The maximum Gasteiger partial charge on any atom is 0.214 e. The average molecular weight is 308 g/mol. The fraction of sp³-hybridized carbons (Fsp3) is 0.625. The summed E-state index contributed by atoms with van der Waals surface area (Å²) in [6.45, 7) is 0.685. The largest absolute Gasteiger partial charge is 0.330 e. The Morgan fingerprint density at radius 2 is 1.71 bits per heavy atom. The lowest BCUT2D eigenvalue weighted by molar-refractivity contribution is 0.194. The predicted molar refractivity (Wildman–Crippen MR) is 84.4 cm³/mol. The van der Waals surface area contributed by atoms with Gasteiger partial charge in [-0.1, -0.05) is 30.3 Å². The van der Waals surface area contributed by atoms with Crippen LogP contribution in [0.1, 0.15) is 31.2 Å². The van der Waals surface area contributed by atoms with E-state index in [0.717, 1.165) is 31.2 Å². The van der Waals surface area contributed by atoms with E-state index in [2.05, 4.69) is 0 Å². The molecule has 2 aliphatic heterocycles. The summed E-state index contributed by atoms with van der Waals surface area (Å²) < 4.78 is 27.2. The molecule has 1 aromatic rings. The molecule has 4 nitrogen and oxygen atoms in total. The van der Waals surface area contributed by atoms with Gasteiger partial charge < -0.3 is 5.73 Å². The van der Waals surface area contributed by atoms with E-state index in [1.54, 1.807) is 0 Å². The van der Waals surface area contributed by atoms with Gasteiger partial charge in [0, 0.05) is 12.1 Å². The van der Waals surface area contributed by atoms with Gasteiger partial charge in [-0.05, 0) is 50.1 Å². The minimum absolute atomic E-state index is 0.193. The fourth-order valence-electron chi connectivity index (χ4n) is 3.89. The van der Waals surface area contributed by atoms with Crippen molar-refractivity contribution >= 4 is 10.0 Å². The molecule has 2 aliphatic rings. The molecule has 3 rings (SSSR count). The highest BCUT2D eigenvalue weighted by Gasteiger charge is 2.45. The van der Waals surface area contributed by atoms with E-state index in [0.29, 0.717) is 18.9 Å². The van der Waals surface area contributed by atoms with Crippen LogP contribution in [0.5, 0.6) is 0 Å². The molecule has 0 amide bonds. The molecule has 2 bridgehead atoms. The Morgan fingerprint density at radius 1 is 1.10 bits per heavy atom. The quantitative estimate of drug-likeness (QED) is 0.901. The second-order valence-corrected chi connectivity index (χ2v) is 8.33. The monoisotopic (exact) mass is 308 g/mol. The van der Waals surface area contributed by atoms with Crippen LogP contribution >= 0.6 is 0 Å². The van der Waals surface area contributed by atoms with Gasteiger partial charge in [-0.25, -0.2) is 8.42 Å². The molecule has 116 valence electrons. The lowest BCUT2D eigenvalue weighted by Gasteiger charge is -2.37. The van der Waals surface area contributed by atoms with Crippen molar-refractivity contribution in [2.45, 2.75) is 44.2 Å². The number of rotatable bonds is 5. The number of hydrogen-bond donors (Lipinski definition) is 1. The topological polar surface area (TPSA) is 63.4 Å². The normalized spacial score (nSPS) is 29.7. The van der Waals surface area contributed by atoms with Gasteiger partial charge in [0.2, 0.25) is 10.0 Å². The molecule has 3 atom stereocenters. The zero-order chi connectivity index (χ0) is 14.9. The van der Waals surface area contributed by atoms with E-state index >= 15 is 0 Å². The average Bonchev–Trinajstić information content (AvgIpc) is 2.78. The Kier molecular flexibility index (Phi) is 4.33. The summed E-state index contributed by atoms with van der Waals surface area (Å²) in [4.78, 5) is 0. The number of piperidine rings is 1. The number of hydrogen-bond acceptors (Lipinski definition) is 3. The predicted octanol–water partition coefficient (Wildman–Crippen LogP) is 1.76. The molecule has 1 aromatic carbocycles. The van der Waals surface area contributed by atoms with Crippen LogP contribution in [-0.4, -0.2) is 37.1 Å². The number of sulfonamides is 1. The van der Waals surface area contributed by atoms with Crippen molar-refractivity contribution < 1.29 is 8.42 Å². The van der Waals surface area contributed by atoms with Crippen molar-refractivity contribution in [2.24, 2.45) is 11.7 Å². The van der Waals surface area contributed by atoms with E-state index in [4.69, 9.17) is 5.73 Å². The smallest absolute Gasteiger partial charge is 0.214 e. The maximum absolute atomic E-state index is 12.7. The highest BCUT2D eigenvalue weighted by molar-refractivity contribution is 7.89. The third-order valence-corrected chi connectivity index (χ3v) is 6.87. The standard InChI is InChI=1S/C16H24N2O2S/c17-12-14-10-15-6-7-16(11-14)18(15)21(19,20)9-8-13-4-2-1-3-5-13/h1-5,14-16H,6-12,17H2/t14?,15-,16+. The van der Waals surface area contributed by atoms with Crippen molar-refractivity contribution in [3.63, 3.8) is 0 Å². The van der Waals surface area contributed by atoms with Crippen LogP contribution in [0.3, 0.4) is 0 Å². The number of nitrogens with two attached hydrogens (primary N) is 1. The molecule has 21 heavy (non-hydrogen) atoms. The first-order valence-electron chi connectivity index (χ1n) is 7.85. The van der Waals surface area contributed by atoms with Crippen molar-refractivity contribution in [1.29, 1.82) is 0 Å². The molecule has 5 heteroatoms. The van der Waals surface area contributed by atoms with Crippen LogP contribution in [0.25, 0.3) is 0 Å². The summed E-state index contributed by atoms with van der Waals surface area (Å²) in [5.74, 6) is 0.722. The summed E-state index contributed by atoms with van der Waals surface area (Å²) in [6.07, 6.45) is 4.49. The van der Waals surface area contributed by atoms with Crippen LogP contribution in [0.2, 0.25) is 0 Å². The van der Waals surface area contributed by atoms with E-state index < -0.39 is 10.0 Å². The van der Waals surface area contributed by atoms with Gasteiger partial charge in [0.1, 0.15) is 0 Å². The van der Waals surface area contributed by atoms with E-state index in [1.807, 2.05) is 34.6 Å². The van der Waals surface area contributed by atoms with Crippen LogP contribution in [-0.2, 0) is 16.4 Å². The molecule has 0 spiro atoms. The summed E-state index contributed by atoms with van der Waals surface area (Å²) >= 11 is 0. The van der Waals surface area contributed by atoms with Gasteiger partial charge >= 0.3 is 0 Å². The molecular formula is C16H24N2O2S. The zero-order valence-electron chi connectivity index (χ0n) is 12.3. The summed E-state index contributed by atoms with van der Waals surface area (Å²) in [5, 5.41) is 0. The Labute approximate surface area is 127 Å². The number of benzene rings is 1. The summed E-state index contributed by atoms with van der Waals surface area (Å²) in [5.41, 5.74) is 6.86. The number of fused-ring (bicyclic) bond motifs is 2. The molecule has 2 saturated heterocycles. The third-order valence-electron chi connectivity index (χ3n) is 4.91. The molecule has 0 aromatic heterocycles. The Bertz CT molecular complexity index is 559. The van der Waals surface area contributed by atoms with E-state index in [9.17, 15) is 8.42 Å². The molecule has 0 radical (unpaired) electrons. The third kappa shape index (κ3) is 3.15. The highest BCUT2D eigenvalue weighted by atomic mass is 32.2. The van der Waals surface area contributed by atoms with E-state index in [-0.39, 0.29) is 17.8 Å². The SMILES string of the molecule is NCC1C[C@H]2CC[C@@H](C1)N2S(=O)(=O)CCc1ccccc1. The molecule has 2 heterocycles. The number of aryl methyl sites for hydroxylation is 1. The van der Waals surface area contributed by atoms with Crippen LogP contribution < -0.4 is 5.73 Å². The van der Waals surface area contributed by atoms with Gasteiger partial charge in [-0.2, -0.15) is 4.31 Å². The van der Waals surface area contributed by atoms with Gasteiger partial charge in [0.25, 0.3) is 0 Å². The van der Waals surface area contributed by atoms with Gasteiger partial charge in [0.05, 0.1) is 5.75 Å². The van der Waals surface area contributed by atoms with Gasteiger partial charge in [0.15, 0.2) is 0 Å². The van der Waals surface area contributed by atoms with Crippen molar-refractivity contribution in [3.05, 3.63) is 35.9 Å². The molecule has 0 aliphatic carbocycles. The van der Waals surface area contributed by atoms with E-state index in [1.165, 1.54) is 0 Å². The van der Waals surface area contributed by atoms with Crippen molar-refractivity contribution in [2.75, 3.05) is 12.3 Å². The Hall–Kier alpha value is -0.910. The molecule has 0 saturated carbocycles. The minimum atomic E-state index is -3.16. The molecule has 1 unspecified atom stereocenters. The van der Waals surface area contributed by atoms with Gasteiger partial charge in [-0.3, -0.25) is 0 Å². The second-order valence-electron chi connectivity index (χ2n) is 6.34. The maximum atomic E-state index is 12.7. The number of nitrogens with zero attached hydrogens (tertiary/aromatic N) is 1. The minimum Gasteiger partial charge on any atom is -0.330 e. The van der Waals surface area contributed by atoms with Gasteiger partial charge in [-0.15, -0.1) is 0 Å². The molecular weight excluding hydrogens is 284 g/mol. The van der Waals surface area contributed by atoms with Crippen LogP contribution in [0.4, 0.5) is 0 Å². The highest BCUT2D eigenvalue weighted by Crippen LogP contribution is 2.40. The zero-order valence-corrected chi connectivity index (χ0v) is 13.1. The van der Waals surface area contributed by atoms with Crippen molar-refractivity contribution in [1.82, 2.24) is 4.31 Å². The molecule has 2 fully saturated rings. The first-order chi connectivity index (χ1) is 10.1. The lowest BCUT2D eigenvalue weighted by Crippen LogP contribution is -2.48. The summed E-state index contributed by atoms with van der Waals surface area (Å²) in [7, 11) is -3.16. The Morgan fingerprint density at radius 3 is 2.29 bits per heavy atom. The lowest BCUT2D eigenvalue weighted by atomic mass is 9.93. The molecule has 2 N–H and O–H groups in total. The van der Waals surface area contributed by atoms with Crippen molar-refractivity contribution in [3.8, 4) is 0 Å². The summed E-state index contributed by atoms with van der Waals surface area (Å²) in [6, 6.07) is 10.2.